The van der Waals surface area contributed by atoms with Crippen molar-refractivity contribution in [1.82, 2.24) is 19.8 Å². The Balaban J connectivity index is 1.79. The standard InChI is InChI=1S/C15H19N5O6S/c1-10(21)15(23)19-4-5-20-11(8-19)12(7-16-20)27(2,24)18-13(22)9-25-14-3-6-26-17-14/h3,6-7,10,21H,4-5,8-9H2,1-2H3/t10-,27?/m1/s1. The molecule has 2 aromatic rings. The topological polar surface area (TPSA) is 140 Å². The highest BCUT2D eigenvalue weighted by atomic mass is 32.2. The summed E-state index contributed by atoms with van der Waals surface area (Å²) in [6.07, 6.45) is 2.88. The van der Waals surface area contributed by atoms with E-state index >= 15 is 0 Å². The lowest BCUT2D eigenvalue weighted by Crippen LogP contribution is -2.43. The minimum absolute atomic E-state index is 0.122. The molecule has 0 fully saturated rings. The molecule has 2 amide bonds. The largest absolute Gasteiger partial charge is 0.465 e. The molecular weight excluding hydrogens is 378 g/mol. The average molecular weight is 397 g/mol. The highest BCUT2D eigenvalue weighted by molar-refractivity contribution is 7.93. The molecule has 1 aliphatic heterocycles. The molecule has 0 radical (unpaired) electrons. The highest BCUT2D eigenvalue weighted by Crippen LogP contribution is 2.23. The van der Waals surface area contributed by atoms with E-state index in [2.05, 4.69) is 19.1 Å². The van der Waals surface area contributed by atoms with Gasteiger partial charge in [0.15, 0.2) is 6.61 Å². The van der Waals surface area contributed by atoms with Gasteiger partial charge in [0.05, 0.1) is 39.6 Å². The Morgan fingerprint density at radius 2 is 2.26 bits per heavy atom. The molecular formula is C15H19N5O6S. The Hall–Kier alpha value is -2.73. The van der Waals surface area contributed by atoms with Gasteiger partial charge in [-0.1, -0.05) is 0 Å². The van der Waals surface area contributed by atoms with Crippen LogP contribution < -0.4 is 4.74 Å². The Bertz CT molecular complexity index is 958. The number of aromatic nitrogens is 3. The molecule has 12 heteroatoms. The molecule has 0 spiro atoms. The second-order valence-corrected chi connectivity index (χ2v) is 8.26. The van der Waals surface area contributed by atoms with Gasteiger partial charge in [0.25, 0.3) is 17.7 Å². The van der Waals surface area contributed by atoms with Crippen LogP contribution in [0, 0.1) is 0 Å². The summed E-state index contributed by atoms with van der Waals surface area (Å²) in [5, 5.41) is 17.2. The molecule has 0 saturated carbocycles. The van der Waals surface area contributed by atoms with Gasteiger partial charge in [-0.25, -0.2) is 4.21 Å². The molecule has 0 bridgehead atoms. The molecule has 11 nitrogen and oxygen atoms in total. The predicted octanol–water partition coefficient (Wildman–Crippen LogP) is -0.344. The number of carbonyl (C=O) groups excluding carboxylic acids is 2. The number of amides is 2. The Morgan fingerprint density at radius 1 is 1.48 bits per heavy atom. The van der Waals surface area contributed by atoms with Crippen LogP contribution in [0.1, 0.15) is 12.6 Å². The van der Waals surface area contributed by atoms with Crippen LogP contribution in [0.25, 0.3) is 0 Å². The Kier molecular flexibility index (Phi) is 5.28. The number of aliphatic hydroxyl groups excluding tert-OH is 1. The van der Waals surface area contributed by atoms with Crippen molar-refractivity contribution in [3.8, 4) is 5.88 Å². The summed E-state index contributed by atoms with van der Waals surface area (Å²) in [4.78, 5) is 25.8. The number of ether oxygens (including phenoxy) is 1. The van der Waals surface area contributed by atoms with Crippen molar-refractivity contribution in [2.24, 2.45) is 4.36 Å². The van der Waals surface area contributed by atoms with Crippen molar-refractivity contribution >= 4 is 21.5 Å². The van der Waals surface area contributed by atoms with Crippen molar-refractivity contribution in [2.75, 3.05) is 19.4 Å². The summed E-state index contributed by atoms with van der Waals surface area (Å²) in [6.45, 7) is 1.86. The van der Waals surface area contributed by atoms with E-state index < -0.39 is 34.3 Å². The molecule has 1 N–H and O–H groups in total. The van der Waals surface area contributed by atoms with Crippen LogP contribution in [-0.4, -0.2) is 66.5 Å². The zero-order valence-corrected chi connectivity index (χ0v) is 15.6. The first-order chi connectivity index (χ1) is 12.8. The summed E-state index contributed by atoms with van der Waals surface area (Å²) in [7, 11) is -3.10. The van der Waals surface area contributed by atoms with E-state index in [4.69, 9.17) is 4.74 Å². The van der Waals surface area contributed by atoms with Gasteiger partial charge in [-0.15, -0.1) is 0 Å². The number of hydrogen-bond donors (Lipinski definition) is 1. The van der Waals surface area contributed by atoms with E-state index in [0.717, 1.165) is 0 Å². The monoisotopic (exact) mass is 397 g/mol. The molecule has 0 saturated heterocycles. The number of nitrogens with zero attached hydrogens (tertiary/aromatic N) is 5. The van der Waals surface area contributed by atoms with Crippen LogP contribution in [0.5, 0.6) is 5.88 Å². The van der Waals surface area contributed by atoms with Gasteiger partial charge in [-0.3, -0.25) is 14.3 Å². The number of fused-ring (bicyclic) bond motifs is 1. The van der Waals surface area contributed by atoms with Gasteiger partial charge in [0.2, 0.25) is 0 Å². The van der Waals surface area contributed by atoms with Crippen LogP contribution in [-0.2, 0) is 32.4 Å². The van der Waals surface area contributed by atoms with Gasteiger partial charge in [0, 0.05) is 18.9 Å². The average Bonchev–Trinajstić information content (AvgIpc) is 3.27. The second kappa shape index (κ2) is 7.48. The second-order valence-electron chi connectivity index (χ2n) is 6.03. The van der Waals surface area contributed by atoms with Crippen LogP contribution in [0.3, 0.4) is 0 Å². The molecule has 146 valence electrons. The van der Waals surface area contributed by atoms with Crippen LogP contribution >= 0.6 is 0 Å². The van der Waals surface area contributed by atoms with Crippen LogP contribution in [0.15, 0.2) is 32.3 Å². The molecule has 3 rings (SSSR count). The zero-order chi connectivity index (χ0) is 19.6. The van der Waals surface area contributed by atoms with Crippen molar-refractivity contribution in [1.29, 1.82) is 0 Å². The first kappa shape index (κ1) is 19.0. The summed E-state index contributed by atoms with van der Waals surface area (Å²) in [6, 6.07) is 1.43. The van der Waals surface area contributed by atoms with Crippen LogP contribution in [0.4, 0.5) is 0 Å². The van der Waals surface area contributed by atoms with Gasteiger partial charge in [-0.2, -0.15) is 9.46 Å². The predicted molar refractivity (Wildman–Crippen MR) is 91.1 cm³/mol. The van der Waals surface area contributed by atoms with E-state index in [-0.39, 0.29) is 17.3 Å². The van der Waals surface area contributed by atoms with E-state index in [9.17, 15) is 18.9 Å². The lowest BCUT2D eigenvalue weighted by atomic mass is 10.2. The minimum Gasteiger partial charge on any atom is -0.465 e. The Morgan fingerprint density at radius 3 is 2.93 bits per heavy atom. The maximum atomic E-state index is 13.0. The third kappa shape index (κ3) is 4.17. The zero-order valence-electron chi connectivity index (χ0n) is 14.8. The van der Waals surface area contributed by atoms with Crippen molar-refractivity contribution in [3.63, 3.8) is 0 Å². The fraction of sp³-hybridized carbons (Fsp3) is 0.467. The lowest BCUT2D eigenvalue weighted by molar-refractivity contribution is -0.140. The van der Waals surface area contributed by atoms with Gasteiger partial charge in [-0.05, 0) is 12.1 Å². The SMILES string of the molecule is C[C@@H](O)C(=O)N1CCn2ncc(S(C)(=O)=NC(=O)COc3ccon3)c2C1. The first-order valence-electron chi connectivity index (χ1n) is 8.07. The van der Waals surface area contributed by atoms with E-state index in [0.29, 0.717) is 18.8 Å². The normalized spacial score (nSPS) is 16.9. The van der Waals surface area contributed by atoms with E-state index in [1.54, 1.807) is 4.68 Å². The molecule has 27 heavy (non-hydrogen) atoms. The fourth-order valence-corrected chi connectivity index (χ4v) is 4.06. The fourth-order valence-electron chi connectivity index (χ4n) is 2.67. The molecule has 2 atom stereocenters. The molecule has 0 aliphatic carbocycles. The van der Waals surface area contributed by atoms with Crippen molar-refractivity contribution in [3.05, 3.63) is 24.2 Å². The minimum atomic E-state index is -3.10. The van der Waals surface area contributed by atoms with Crippen LogP contribution in [0.2, 0.25) is 0 Å². The third-order valence-electron chi connectivity index (χ3n) is 3.94. The summed E-state index contributed by atoms with van der Waals surface area (Å²) in [5.41, 5.74) is 0.525. The van der Waals surface area contributed by atoms with Gasteiger partial charge < -0.3 is 19.3 Å². The molecule has 1 unspecified atom stereocenters. The quantitative estimate of drug-likeness (QED) is 0.722. The summed E-state index contributed by atoms with van der Waals surface area (Å²) < 4.78 is 28.1. The van der Waals surface area contributed by atoms with Crippen molar-refractivity contribution in [2.45, 2.75) is 31.0 Å². The number of hydrogen-bond acceptors (Lipinski definition) is 8. The molecule has 0 aromatic carbocycles. The third-order valence-corrected chi connectivity index (χ3v) is 5.65. The summed E-state index contributed by atoms with van der Waals surface area (Å²) in [5.74, 6) is -1.03. The maximum absolute atomic E-state index is 13.0. The maximum Gasteiger partial charge on any atom is 0.291 e. The number of carbonyl (C=O) groups is 2. The first-order valence-corrected chi connectivity index (χ1v) is 10.00. The molecule has 2 aromatic heterocycles. The van der Waals surface area contributed by atoms with E-state index in [1.807, 2.05) is 0 Å². The molecule has 3 heterocycles. The van der Waals surface area contributed by atoms with Gasteiger partial charge in [0.1, 0.15) is 12.4 Å². The number of rotatable bonds is 5. The number of aliphatic hydroxyl groups is 1. The smallest absolute Gasteiger partial charge is 0.291 e. The molecule has 1 aliphatic rings. The van der Waals surface area contributed by atoms with Gasteiger partial charge >= 0.3 is 0 Å². The Labute approximate surface area is 155 Å². The lowest BCUT2D eigenvalue weighted by Gasteiger charge is -2.29. The van der Waals surface area contributed by atoms with E-state index in [1.165, 1.54) is 36.6 Å². The van der Waals surface area contributed by atoms with Crippen molar-refractivity contribution < 1.29 is 28.2 Å². The summed E-state index contributed by atoms with van der Waals surface area (Å²) >= 11 is 0. The highest BCUT2D eigenvalue weighted by Gasteiger charge is 2.28.